The molecule has 0 fully saturated rings. The van der Waals surface area contributed by atoms with Crippen molar-refractivity contribution in [1.82, 2.24) is 13.7 Å². The Labute approximate surface area is 303 Å². The Hall–Kier alpha value is -6.49. The molecule has 3 aromatic heterocycles. The van der Waals surface area contributed by atoms with Crippen molar-refractivity contribution in [1.29, 1.82) is 0 Å². The van der Waals surface area contributed by atoms with Crippen molar-refractivity contribution in [2.45, 2.75) is 9.79 Å². The number of benzene rings is 8. The van der Waals surface area contributed by atoms with Crippen molar-refractivity contribution in [3.05, 3.63) is 176 Å². The number of nitrogens with zero attached hydrogens (tertiary/aromatic N) is 3. The lowest BCUT2D eigenvalue weighted by atomic mass is 10.0. The van der Waals surface area contributed by atoms with E-state index in [0.717, 1.165) is 5.69 Å². The van der Waals surface area contributed by atoms with Gasteiger partial charge in [0, 0.05) is 48.0 Å². The maximum Gasteiger partial charge on any atom is 0.131 e. The monoisotopic (exact) mass is 679 g/mol. The Morgan fingerprint density at radius 2 is 1.08 bits per heavy atom. The Bertz CT molecular complexity index is 3270. The van der Waals surface area contributed by atoms with Crippen LogP contribution in [0.3, 0.4) is 0 Å². The van der Waals surface area contributed by atoms with E-state index < -0.39 is 0 Å². The zero-order valence-electron chi connectivity index (χ0n) is 28.0. The molecule has 1 aliphatic rings. The standard InChI is InChI=1S/C48H29N3S/c1-2-14-32(15-3-1)49-39-22-10-8-19-36(39)46-37-20-12-24-44-47(37)51(48(46)49)42-29-31(26-28-43(42)52-44)33-16-6-9-21-38(33)50-40-23-11-7-18-35(40)45-34-17-5-4-13-30(34)25-27-41(45)50/h1-29H. The third-order valence-corrected chi connectivity index (χ3v) is 12.1. The second kappa shape index (κ2) is 10.5. The molecule has 52 heavy (non-hydrogen) atoms. The molecule has 4 heterocycles. The Morgan fingerprint density at radius 3 is 1.94 bits per heavy atom. The van der Waals surface area contributed by atoms with Crippen LogP contribution < -0.4 is 0 Å². The first-order chi connectivity index (χ1) is 25.8. The summed E-state index contributed by atoms with van der Waals surface area (Å²) in [6, 6.07) is 64.6. The van der Waals surface area contributed by atoms with Crippen molar-refractivity contribution < 1.29 is 0 Å². The average molecular weight is 680 g/mol. The molecule has 1 aliphatic heterocycles. The zero-order chi connectivity index (χ0) is 33.9. The fourth-order valence-electron chi connectivity index (χ4n) is 8.90. The fraction of sp³-hybridized carbons (Fsp3) is 0. The van der Waals surface area contributed by atoms with Crippen LogP contribution in [0.2, 0.25) is 0 Å². The first-order valence-electron chi connectivity index (χ1n) is 17.8. The summed E-state index contributed by atoms with van der Waals surface area (Å²) in [7, 11) is 0. The summed E-state index contributed by atoms with van der Waals surface area (Å²) in [5.41, 5.74) is 12.1. The van der Waals surface area contributed by atoms with Crippen LogP contribution in [-0.4, -0.2) is 13.7 Å². The summed E-state index contributed by atoms with van der Waals surface area (Å²) in [4.78, 5) is 2.54. The molecule has 0 unspecified atom stereocenters. The lowest BCUT2D eigenvalue weighted by molar-refractivity contribution is 1.03. The largest absolute Gasteiger partial charge is 0.309 e. The summed E-state index contributed by atoms with van der Waals surface area (Å²) in [6.45, 7) is 0. The number of hydrogen-bond donors (Lipinski definition) is 0. The van der Waals surface area contributed by atoms with E-state index in [1.54, 1.807) is 0 Å². The lowest BCUT2D eigenvalue weighted by Gasteiger charge is -2.22. The van der Waals surface area contributed by atoms with Crippen LogP contribution in [0.5, 0.6) is 0 Å². The van der Waals surface area contributed by atoms with Gasteiger partial charge in [-0.25, -0.2) is 0 Å². The van der Waals surface area contributed by atoms with Gasteiger partial charge in [-0.2, -0.15) is 0 Å². The highest BCUT2D eigenvalue weighted by Crippen LogP contribution is 2.50. The van der Waals surface area contributed by atoms with Crippen molar-refractivity contribution in [2.24, 2.45) is 0 Å². The third kappa shape index (κ3) is 3.71. The van der Waals surface area contributed by atoms with Gasteiger partial charge in [0.2, 0.25) is 0 Å². The predicted octanol–water partition coefficient (Wildman–Crippen LogP) is 13.1. The number of rotatable bonds is 3. The molecule has 0 saturated carbocycles. The normalized spacial score (nSPS) is 12.5. The fourth-order valence-corrected chi connectivity index (χ4v) is 9.97. The van der Waals surface area contributed by atoms with Crippen LogP contribution in [0.4, 0.5) is 0 Å². The number of hydrogen-bond acceptors (Lipinski definition) is 1. The minimum absolute atomic E-state index is 1.16. The minimum atomic E-state index is 1.16. The van der Waals surface area contributed by atoms with Crippen molar-refractivity contribution >= 4 is 77.2 Å². The minimum Gasteiger partial charge on any atom is -0.309 e. The molecule has 8 aromatic carbocycles. The molecule has 0 radical (unpaired) electrons. The van der Waals surface area contributed by atoms with E-state index >= 15 is 0 Å². The highest BCUT2D eigenvalue weighted by Gasteiger charge is 2.28. The van der Waals surface area contributed by atoms with E-state index in [1.807, 2.05) is 11.8 Å². The summed E-state index contributed by atoms with van der Waals surface area (Å²) in [6.07, 6.45) is 0. The molecule has 0 spiro atoms. The second-order valence-corrected chi connectivity index (χ2v) is 14.8. The molecule has 12 rings (SSSR count). The van der Waals surface area contributed by atoms with Gasteiger partial charge in [0.15, 0.2) is 0 Å². The summed E-state index contributed by atoms with van der Waals surface area (Å²) in [5.74, 6) is 0. The molecule has 0 aliphatic carbocycles. The second-order valence-electron chi connectivity index (χ2n) is 13.7. The maximum atomic E-state index is 2.54. The van der Waals surface area contributed by atoms with E-state index in [1.165, 1.54) is 97.7 Å². The van der Waals surface area contributed by atoms with Gasteiger partial charge in [-0.1, -0.05) is 133 Å². The topological polar surface area (TPSA) is 14.8 Å². The smallest absolute Gasteiger partial charge is 0.131 e. The van der Waals surface area contributed by atoms with Crippen molar-refractivity contribution in [3.8, 4) is 28.2 Å². The van der Waals surface area contributed by atoms with Gasteiger partial charge in [0.1, 0.15) is 5.65 Å². The highest BCUT2D eigenvalue weighted by molar-refractivity contribution is 7.99. The zero-order valence-corrected chi connectivity index (χ0v) is 28.8. The molecular formula is C48H29N3S. The molecule has 0 N–H and O–H groups in total. The molecule has 0 bridgehead atoms. The number of aromatic nitrogens is 3. The highest BCUT2D eigenvalue weighted by atomic mass is 32.2. The first kappa shape index (κ1) is 28.2. The Balaban J connectivity index is 1.16. The molecule has 0 amide bonds. The Morgan fingerprint density at radius 1 is 0.385 bits per heavy atom. The number of fused-ring (bicyclic) bond motifs is 12. The van der Waals surface area contributed by atoms with E-state index in [4.69, 9.17) is 0 Å². The van der Waals surface area contributed by atoms with Crippen LogP contribution >= 0.6 is 11.8 Å². The molecule has 3 nitrogen and oxygen atoms in total. The molecule has 0 atom stereocenters. The summed E-state index contributed by atoms with van der Waals surface area (Å²) >= 11 is 1.88. The van der Waals surface area contributed by atoms with E-state index in [2.05, 4.69) is 190 Å². The van der Waals surface area contributed by atoms with E-state index in [-0.39, 0.29) is 0 Å². The van der Waals surface area contributed by atoms with Gasteiger partial charge in [0.25, 0.3) is 0 Å². The van der Waals surface area contributed by atoms with Crippen LogP contribution in [0.1, 0.15) is 0 Å². The lowest BCUT2D eigenvalue weighted by Crippen LogP contribution is -2.06. The van der Waals surface area contributed by atoms with E-state index in [9.17, 15) is 0 Å². The van der Waals surface area contributed by atoms with Crippen molar-refractivity contribution in [3.63, 3.8) is 0 Å². The Kier molecular flexibility index (Phi) is 5.71. The van der Waals surface area contributed by atoms with Gasteiger partial charge in [0.05, 0.1) is 33.4 Å². The van der Waals surface area contributed by atoms with Gasteiger partial charge in [-0.05, 0) is 70.9 Å². The predicted molar refractivity (Wildman–Crippen MR) is 219 cm³/mol. The maximum absolute atomic E-state index is 2.54. The van der Waals surface area contributed by atoms with Gasteiger partial charge >= 0.3 is 0 Å². The van der Waals surface area contributed by atoms with Crippen LogP contribution in [0, 0.1) is 0 Å². The summed E-state index contributed by atoms with van der Waals surface area (Å²) < 4.78 is 7.46. The summed E-state index contributed by atoms with van der Waals surface area (Å²) in [5, 5.41) is 8.98. The average Bonchev–Trinajstić information content (AvgIpc) is 3.85. The third-order valence-electron chi connectivity index (χ3n) is 11.0. The van der Waals surface area contributed by atoms with Gasteiger partial charge in [-0.3, -0.25) is 9.13 Å². The van der Waals surface area contributed by atoms with Crippen LogP contribution in [0.25, 0.3) is 93.6 Å². The molecule has 4 heteroatoms. The van der Waals surface area contributed by atoms with Gasteiger partial charge in [-0.15, -0.1) is 0 Å². The first-order valence-corrected chi connectivity index (χ1v) is 18.6. The molecule has 0 saturated heterocycles. The molecule has 11 aromatic rings. The van der Waals surface area contributed by atoms with Crippen LogP contribution in [-0.2, 0) is 0 Å². The quantitative estimate of drug-likeness (QED) is 0.181. The SMILES string of the molecule is c1ccc(-n2c3ccccc3c3c4cccc5c4n(c32)-c2cc(-c3ccccc3-n3c4ccccc4c4c6ccccc6ccc43)ccc2S5)cc1. The molecular weight excluding hydrogens is 651 g/mol. The van der Waals surface area contributed by atoms with Gasteiger partial charge < -0.3 is 4.57 Å². The number of para-hydroxylation sites is 5. The molecule has 242 valence electrons. The van der Waals surface area contributed by atoms with E-state index in [0.29, 0.717) is 0 Å². The van der Waals surface area contributed by atoms with Crippen LogP contribution in [0.15, 0.2) is 186 Å². The van der Waals surface area contributed by atoms with Crippen molar-refractivity contribution in [2.75, 3.05) is 0 Å².